The first-order valence-electron chi connectivity index (χ1n) is 6.62. The van der Waals surface area contributed by atoms with Gasteiger partial charge in [-0.3, -0.25) is 0 Å². The van der Waals surface area contributed by atoms with Crippen LogP contribution in [0.1, 0.15) is 5.56 Å². The van der Waals surface area contributed by atoms with Gasteiger partial charge in [-0.15, -0.1) is 16.4 Å². The first-order valence-corrected chi connectivity index (χ1v) is 8.64. The summed E-state index contributed by atoms with van der Waals surface area (Å²) in [4.78, 5) is 5.10. The monoisotopic (exact) mass is 317 g/mol. The Morgan fingerprint density at radius 3 is 2.30 bits per heavy atom. The molecule has 1 aliphatic rings. The molecule has 0 aromatic heterocycles. The van der Waals surface area contributed by atoms with Gasteiger partial charge in [-0.25, -0.2) is 13.4 Å². The van der Waals surface area contributed by atoms with Gasteiger partial charge in [0.1, 0.15) is 0 Å². The number of benzene rings is 1. The van der Waals surface area contributed by atoms with Gasteiger partial charge in [0.2, 0.25) is 0 Å². The van der Waals surface area contributed by atoms with E-state index < -0.39 is 10.0 Å². The van der Waals surface area contributed by atoms with Crippen molar-refractivity contribution in [2.75, 3.05) is 39.1 Å². The number of hydrogen-bond acceptors (Lipinski definition) is 4. The molecule has 0 spiro atoms. The lowest BCUT2D eigenvalue weighted by Gasteiger charge is -2.32. The number of halogens is 1. The number of nitrogens with one attached hydrogen (secondary N) is 1. The van der Waals surface area contributed by atoms with Crippen molar-refractivity contribution in [3.05, 3.63) is 29.8 Å². The second kappa shape index (κ2) is 6.87. The number of nitrogens with zero attached hydrogens (tertiary/aromatic N) is 2. The van der Waals surface area contributed by atoms with Crippen LogP contribution >= 0.6 is 11.6 Å². The first kappa shape index (κ1) is 15.7. The van der Waals surface area contributed by atoms with E-state index in [1.165, 1.54) is 0 Å². The number of aryl methyl sites for hydroxylation is 1. The third-order valence-electron chi connectivity index (χ3n) is 3.37. The Kier molecular flexibility index (Phi) is 5.40. The largest absolute Gasteiger partial charge is 0.304 e. The predicted octanol–water partition coefficient (Wildman–Crippen LogP) is 0.909. The number of hydrazine groups is 1. The smallest absolute Gasteiger partial charge is 0.253 e. The summed E-state index contributed by atoms with van der Waals surface area (Å²) < 4.78 is 24.5. The standard InChI is InChI=1S/C13H20ClN3O2S/c1-16-8-10-17(11-9-16)15-20(18,19)13-4-2-12(3-5-13)6-7-14/h2-5,15H,6-11H2,1H3. The minimum absolute atomic E-state index is 0.287. The molecule has 1 aliphatic heterocycles. The zero-order valence-corrected chi connectivity index (χ0v) is 13.1. The number of hydrogen-bond donors (Lipinski definition) is 1. The van der Waals surface area contributed by atoms with E-state index in [-0.39, 0.29) is 4.90 Å². The second-order valence-corrected chi connectivity index (χ2v) is 7.01. The van der Waals surface area contributed by atoms with Gasteiger partial charge in [0.15, 0.2) is 0 Å². The van der Waals surface area contributed by atoms with Gasteiger partial charge < -0.3 is 4.90 Å². The van der Waals surface area contributed by atoms with Crippen molar-refractivity contribution in [2.45, 2.75) is 11.3 Å². The number of alkyl halides is 1. The second-order valence-electron chi connectivity index (χ2n) is 4.97. The van der Waals surface area contributed by atoms with Crippen LogP contribution in [0.3, 0.4) is 0 Å². The Morgan fingerprint density at radius 2 is 1.75 bits per heavy atom. The highest BCUT2D eigenvalue weighted by molar-refractivity contribution is 7.89. The van der Waals surface area contributed by atoms with Gasteiger partial charge in [0.05, 0.1) is 4.90 Å². The van der Waals surface area contributed by atoms with Gasteiger partial charge in [-0.2, -0.15) is 0 Å². The molecule has 0 amide bonds. The Hall–Kier alpha value is -0.660. The van der Waals surface area contributed by atoms with Crippen LogP contribution in [-0.4, -0.2) is 57.4 Å². The molecule has 20 heavy (non-hydrogen) atoms. The summed E-state index contributed by atoms with van der Waals surface area (Å²) in [6, 6.07) is 6.86. The molecule has 0 aliphatic carbocycles. The minimum atomic E-state index is -3.48. The summed E-state index contributed by atoms with van der Waals surface area (Å²) in [5, 5.41) is 1.75. The minimum Gasteiger partial charge on any atom is -0.304 e. The molecule has 0 radical (unpaired) electrons. The average molecular weight is 318 g/mol. The molecule has 112 valence electrons. The van der Waals surface area contributed by atoms with Crippen LogP contribution in [0.25, 0.3) is 0 Å². The maximum atomic E-state index is 12.3. The normalized spacial score (nSPS) is 18.3. The number of likely N-dealkylation sites (N-methyl/N-ethyl adjacent to an activating group) is 1. The van der Waals surface area contributed by atoms with Gasteiger partial charge in [-0.05, 0) is 31.2 Å². The quantitative estimate of drug-likeness (QED) is 0.820. The summed E-state index contributed by atoms with van der Waals surface area (Å²) in [5.74, 6) is 0.533. The third-order valence-corrected chi connectivity index (χ3v) is 4.95. The van der Waals surface area contributed by atoms with Crippen molar-refractivity contribution in [1.82, 2.24) is 14.7 Å². The molecule has 1 aromatic rings. The zero-order valence-electron chi connectivity index (χ0n) is 11.5. The summed E-state index contributed by atoms with van der Waals surface area (Å²) >= 11 is 5.67. The van der Waals surface area contributed by atoms with E-state index in [9.17, 15) is 8.42 Å². The Balaban J connectivity index is 2.02. The fourth-order valence-electron chi connectivity index (χ4n) is 2.06. The Bertz CT molecular complexity index is 525. The summed E-state index contributed by atoms with van der Waals surface area (Å²) in [5.41, 5.74) is 1.04. The molecule has 0 atom stereocenters. The molecule has 2 rings (SSSR count). The molecular weight excluding hydrogens is 298 g/mol. The van der Waals surface area contributed by atoms with E-state index in [2.05, 4.69) is 9.73 Å². The molecular formula is C13H20ClN3O2S. The summed E-state index contributed by atoms with van der Waals surface area (Å²) in [7, 11) is -1.46. The molecule has 1 saturated heterocycles. The highest BCUT2D eigenvalue weighted by atomic mass is 35.5. The fraction of sp³-hybridized carbons (Fsp3) is 0.538. The molecule has 1 N–H and O–H groups in total. The molecule has 7 heteroatoms. The lowest BCUT2D eigenvalue weighted by Crippen LogP contribution is -2.52. The van der Waals surface area contributed by atoms with Crippen molar-refractivity contribution < 1.29 is 8.42 Å². The Labute approximate surface area is 125 Å². The summed E-state index contributed by atoms with van der Waals surface area (Å²) in [6.07, 6.45) is 0.744. The van der Waals surface area contributed by atoms with Crippen LogP contribution < -0.4 is 4.83 Å². The van der Waals surface area contributed by atoms with Gasteiger partial charge >= 0.3 is 0 Å². The van der Waals surface area contributed by atoms with Crippen molar-refractivity contribution in [2.24, 2.45) is 0 Å². The van der Waals surface area contributed by atoms with E-state index in [1.54, 1.807) is 29.3 Å². The maximum Gasteiger partial charge on any atom is 0.253 e. The van der Waals surface area contributed by atoms with Gasteiger partial charge in [0.25, 0.3) is 10.0 Å². The summed E-state index contributed by atoms with van der Waals surface area (Å²) in [6.45, 7) is 3.11. The van der Waals surface area contributed by atoms with Crippen molar-refractivity contribution >= 4 is 21.6 Å². The van der Waals surface area contributed by atoms with Gasteiger partial charge in [0, 0.05) is 32.1 Å². The van der Waals surface area contributed by atoms with E-state index in [4.69, 9.17) is 11.6 Å². The number of sulfonamides is 1. The van der Waals surface area contributed by atoms with Crippen LogP contribution in [-0.2, 0) is 16.4 Å². The van der Waals surface area contributed by atoms with Crippen LogP contribution in [0, 0.1) is 0 Å². The SMILES string of the molecule is CN1CCN(NS(=O)(=O)c2ccc(CCCl)cc2)CC1. The lowest BCUT2D eigenvalue weighted by atomic mass is 10.2. The van der Waals surface area contributed by atoms with E-state index >= 15 is 0 Å². The van der Waals surface area contributed by atoms with Crippen molar-refractivity contribution in [3.8, 4) is 0 Å². The van der Waals surface area contributed by atoms with Gasteiger partial charge in [-0.1, -0.05) is 12.1 Å². The number of rotatable bonds is 5. The zero-order chi connectivity index (χ0) is 14.6. The topological polar surface area (TPSA) is 52.6 Å². The van der Waals surface area contributed by atoms with Crippen molar-refractivity contribution in [1.29, 1.82) is 0 Å². The van der Waals surface area contributed by atoms with Crippen molar-refractivity contribution in [3.63, 3.8) is 0 Å². The highest BCUT2D eigenvalue weighted by Gasteiger charge is 2.21. The van der Waals surface area contributed by atoms with E-state index in [0.717, 1.165) is 25.1 Å². The maximum absolute atomic E-state index is 12.3. The third kappa shape index (κ3) is 4.17. The molecule has 1 heterocycles. The predicted molar refractivity (Wildman–Crippen MR) is 80.3 cm³/mol. The van der Waals surface area contributed by atoms with Crippen LogP contribution in [0.5, 0.6) is 0 Å². The van der Waals surface area contributed by atoms with E-state index in [1.807, 2.05) is 7.05 Å². The molecule has 1 aromatic carbocycles. The molecule has 0 unspecified atom stereocenters. The molecule has 0 saturated carbocycles. The highest BCUT2D eigenvalue weighted by Crippen LogP contribution is 2.12. The fourth-order valence-corrected chi connectivity index (χ4v) is 3.41. The molecule has 5 nitrogen and oxygen atoms in total. The van der Waals surface area contributed by atoms with Crippen LogP contribution in [0.15, 0.2) is 29.2 Å². The van der Waals surface area contributed by atoms with Crippen LogP contribution in [0.2, 0.25) is 0 Å². The first-order chi connectivity index (χ1) is 9.51. The Morgan fingerprint density at radius 1 is 1.15 bits per heavy atom. The average Bonchev–Trinajstić information content (AvgIpc) is 2.42. The molecule has 0 bridgehead atoms. The molecule has 1 fully saturated rings. The lowest BCUT2D eigenvalue weighted by molar-refractivity contribution is 0.135. The number of piperazine rings is 1. The van der Waals surface area contributed by atoms with Crippen LogP contribution in [0.4, 0.5) is 0 Å². The van der Waals surface area contributed by atoms with E-state index in [0.29, 0.717) is 19.0 Å².